The van der Waals surface area contributed by atoms with E-state index in [0.29, 0.717) is 13.0 Å². The normalized spacial score (nSPS) is 15.6. The minimum Gasteiger partial charge on any atom is -0.384 e. The van der Waals surface area contributed by atoms with Crippen molar-refractivity contribution in [1.82, 2.24) is 0 Å². The van der Waals surface area contributed by atoms with Crippen molar-refractivity contribution in [3.63, 3.8) is 0 Å². The lowest BCUT2D eigenvalue weighted by Gasteiger charge is -2.18. The molecule has 0 bridgehead atoms. The van der Waals surface area contributed by atoms with Crippen LogP contribution in [0.25, 0.3) is 0 Å². The molecule has 112 valence electrons. The van der Waals surface area contributed by atoms with Gasteiger partial charge in [0.25, 0.3) is 0 Å². The lowest BCUT2D eigenvalue weighted by molar-refractivity contribution is 0.595. The van der Waals surface area contributed by atoms with Gasteiger partial charge < -0.3 is 10.2 Å². The van der Waals surface area contributed by atoms with E-state index in [0.717, 1.165) is 18.8 Å². The smallest absolute Gasteiger partial charge is 0.152 e. The number of nitrogens with one attached hydrogen (secondary N) is 1. The fraction of sp³-hybridized carbons (Fsp3) is 0.600. The Morgan fingerprint density at radius 1 is 1.10 bits per heavy atom. The number of hydrogen-bond donors (Lipinski definition) is 1. The SMILES string of the molecule is CCCS(=O)(=O)CCNc1ccc(N2CCCC2)cc1. The van der Waals surface area contributed by atoms with E-state index in [2.05, 4.69) is 22.3 Å². The van der Waals surface area contributed by atoms with E-state index in [9.17, 15) is 8.42 Å². The Kier molecular flexibility index (Phi) is 5.29. The molecule has 1 saturated heterocycles. The Labute approximate surface area is 122 Å². The number of anilines is 2. The molecule has 1 heterocycles. The molecular weight excluding hydrogens is 272 g/mol. The second-order valence-corrected chi connectivity index (χ2v) is 7.62. The Hall–Kier alpha value is -1.23. The largest absolute Gasteiger partial charge is 0.384 e. The summed E-state index contributed by atoms with van der Waals surface area (Å²) >= 11 is 0. The molecule has 0 atom stereocenters. The molecule has 5 heteroatoms. The average molecular weight is 296 g/mol. The number of nitrogens with zero attached hydrogens (tertiary/aromatic N) is 1. The van der Waals surface area contributed by atoms with Crippen molar-refractivity contribution in [2.24, 2.45) is 0 Å². The summed E-state index contributed by atoms with van der Waals surface area (Å²) in [7, 11) is -2.89. The minimum absolute atomic E-state index is 0.203. The molecule has 1 N–H and O–H groups in total. The van der Waals surface area contributed by atoms with Crippen molar-refractivity contribution in [3.8, 4) is 0 Å². The molecule has 1 aliphatic rings. The van der Waals surface area contributed by atoms with E-state index >= 15 is 0 Å². The monoisotopic (exact) mass is 296 g/mol. The molecule has 4 nitrogen and oxygen atoms in total. The van der Waals surface area contributed by atoms with Crippen LogP contribution in [-0.2, 0) is 9.84 Å². The van der Waals surface area contributed by atoms with Gasteiger partial charge in [0.1, 0.15) is 0 Å². The maximum absolute atomic E-state index is 11.6. The van der Waals surface area contributed by atoms with E-state index in [4.69, 9.17) is 0 Å². The highest BCUT2D eigenvalue weighted by Gasteiger charge is 2.12. The zero-order valence-electron chi connectivity index (χ0n) is 12.1. The highest BCUT2D eigenvalue weighted by atomic mass is 32.2. The van der Waals surface area contributed by atoms with Crippen LogP contribution in [0.15, 0.2) is 24.3 Å². The summed E-state index contributed by atoms with van der Waals surface area (Å²) in [5, 5.41) is 3.18. The van der Waals surface area contributed by atoms with Gasteiger partial charge in [0.2, 0.25) is 0 Å². The summed E-state index contributed by atoms with van der Waals surface area (Å²) in [6.07, 6.45) is 3.23. The molecule has 0 unspecified atom stereocenters. The number of hydrogen-bond acceptors (Lipinski definition) is 4. The lowest BCUT2D eigenvalue weighted by atomic mass is 10.2. The second-order valence-electron chi connectivity index (χ2n) is 5.32. The van der Waals surface area contributed by atoms with Crippen LogP contribution < -0.4 is 10.2 Å². The first-order chi connectivity index (χ1) is 9.61. The molecule has 1 aliphatic heterocycles. The predicted octanol–water partition coefficient (Wildman–Crippen LogP) is 2.52. The molecule has 0 saturated carbocycles. The van der Waals surface area contributed by atoms with Crippen molar-refractivity contribution < 1.29 is 8.42 Å². The second kappa shape index (κ2) is 6.97. The lowest BCUT2D eigenvalue weighted by Crippen LogP contribution is -2.19. The molecular formula is C15H24N2O2S. The van der Waals surface area contributed by atoms with E-state index in [1.54, 1.807) is 0 Å². The van der Waals surface area contributed by atoms with Gasteiger partial charge in [-0.1, -0.05) is 6.92 Å². The minimum atomic E-state index is -2.89. The fourth-order valence-corrected chi connectivity index (χ4v) is 3.77. The van der Waals surface area contributed by atoms with Crippen LogP contribution in [0.5, 0.6) is 0 Å². The first-order valence-electron chi connectivity index (χ1n) is 7.40. The van der Waals surface area contributed by atoms with Gasteiger partial charge in [-0.15, -0.1) is 0 Å². The summed E-state index contributed by atoms with van der Waals surface area (Å²) in [6.45, 7) is 4.65. The zero-order chi connectivity index (χ0) is 14.4. The van der Waals surface area contributed by atoms with Crippen LogP contribution >= 0.6 is 0 Å². The molecule has 1 aromatic rings. The molecule has 0 radical (unpaired) electrons. The average Bonchev–Trinajstić information content (AvgIpc) is 2.93. The molecule has 20 heavy (non-hydrogen) atoms. The molecule has 1 fully saturated rings. The van der Waals surface area contributed by atoms with E-state index < -0.39 is 9.84 Å². The molecule has 1 aromatic carbocycles. The van der Waals surface area contributed by atoms with Crippen LogP contribution in [0.1, 0.15) is 26.2 Å². The van der Waals surface area contributed by atoms with Gasteiger partial charge in [-0.2, -0.15) is 0 Å². The summed E-state index contributed by atoms with van der Waals surface area (Å²) in [4.78, 5) is 2.38. The summed E-state index contributed by atoms with van der Waals surface area (Å²) in [5.74, 6) is 0.483. The fourth-order valence-electron chi connectivity index (χ4n) is 2.53. The number of rotatable bonds is 7. The van der Waals surface area contributed by atoms with Gasteiger partial charge in [-0.3, -0.25) is 0 Å². The standard InChI is InChI=1S/C15H24N2O2S/c1-2-12-20(18,19)13-9-16-14-5-7-15(8-6-14)17-10-3-4-11-17/h5-8,16H,2-4,9-13H2,1H3. The first kappa shape index (κ1) is 15.2. The summed E-state index contributed by atoms with van der Waals surface area (Å²) in [5.41, 5.74) is 2.24. The molecule has 2 rings (SSSR count). The quantitative estimate of drug-likeness (QED) is 0.840. The van der Waals surface area contributed by atoms with Crippen LogP contribution in [0.2, 0.25) is 0 Å². The van der Waals surface area contributed by atoms with E-state index in [-0.39, 0.29) is 11.5 Å². The molecule has 0 amide bonds. The van der Waals surface area contributed by atoms with Gasteiger partial charge in [0.15, 0.2) is 9.84 Å². The maximum atomic E-state index is 11.6. The van der Waals surface area contributed by atoms with Crippen LogP contribution in [0, 0.1) is 0 Å². The van der Waals surface area contributed by atoms with Gasteiger partial charge in [-0.25, -0.2) is 8.42 Å². The van der Waals surface area contributed by atoms with Crippen molar-refractivity contribution >= 4 is 21.2 Å². The van der Waals surface area contributed by atoms with Gasteiger partial charge >= 0.3 is 0 Å². The third-order valence-corrected chi connectivity index (χ3v) is 5.45. The molecule has 0 aromatic heterocycles. The molecule has 0 spiro atoms. The summed E-state index contributed by atoms with van der Waals surface area (Å²) in [6, 6.07) is 8.27. The molecule has 0 aliphatic carbocycles. The first-order valence-corrected chi connectivity index (χ1v) is 9.22. The number of benzene rings is 1. The topological polar surface area (TPSA) is 49.4 Å². The zero-order valence-corrected chi connectivity index (χ0v) is 13.0. The Morgan fingerprint density at radius 3 is 2.35 bits per heavy atom. The van der Waals surface area contributed by atoms with Crippen molar-refractivity contribution in [2.75, 3.05) is 41.4 Å². The Bertz CT molecular complexity index is 505. The Morgan fingerprint density at radius 2 is 1.75 bits per heavy atom. The summed E-state index contributed by atoms with van der Waals surface area (Å²) < 4.78 is 23.2. The highest BCUT2D eigenvalue weighted by Crippen LogP contribution is 2.21. The van der Waals surface area contributed by atoms with Crippen LogP contribution in [-0.4, -0.2) is 39.6 Å². The third-order valence-electron chi connectivity index (χ3n) is 3.60. The third kappa shape index (κ3) is 4.40. The van der Waals surface area contributed by atoms with Crippen LogP contribution in [0.4, 0.5) is 11.4 Å². The van der Waals surface area contributed by atoms with Crippen molar-refractivity contribution in [3.05, 3.63) is 24.3 Å². The highest BCUT2D eigenvalue weighted by molar-refractivity contribution is 7.91. The van der Waals surface area contributed by atoms with E-state index in [1.807, 2.05) is 19.1 Å². The maximum Gasteiger partial charge on any atom is 0.152 e. The van der Waals surface area contributed by atoms with Gasteiger partial charge in [0, 0.05) is 36.8 Å². The van der Waals surface area contributed by atoms with Crippen molar-refractivity contribution in [1.29, 1.82) is 0 Å². The predicted molar refractivity (Wildman–Crippen MR) is 85.3 cm³/mol. The van der Waals surface area contributed by atoms with E-state index in [1.165, 1.54) is 18.5 Å². The van der Waals surface area contributed by atoms with Crippen LogP contribution in [0.3, 0.4) is 0 Å². The Balaban J connectivity index is 1.82. The van der Waals surface area contributed by atoms with Crippen molar-refractivity contribution in [2.45, 2.75) is 26.2 Å². The van der Waals surface area contributed by atoms with Gasteiger partial charge in [0.05, 0.1) is 5.75 Å². The number of sulfone groups is 1. The van der Waals surface area contributed by atoms with Gasteiger partial charge in [-0.05, 0) is 43.5 Å².